The monoisotopic (exact) mass is 304 g/mol. The van der Waals surface area contributed by atoms with E-state index in [1.807, 2.05) is 18.2 Å². The molecule has 0 spiro atoms. The topological polar surface area (TPSA) is 47.3 Å². The summed E-state index contributed by atoms with van der Waals surface area (Å²) in [5.41, 5.74) is 7.70. The molecule has 2 aromatic rings. The Kier molecular flexibility index (Phi) is 5.23. The first kappa shape index (κ1) is 15.8. The standard InChI is InChI=1S/C17H21ClN2O/c1-11-6-12(2)8-13(7-11)9-16(20-19)14-4-5-15(18)17(10-14)21-3/h4-8,10,16,20H,9,19H2,1-3H3. The lowest BCUT2D eigenvalue weighted by atomic mass is 9.97. The molecule has 0 saturated heterocycles. The summed E-state index contributed by atoms with van der Waals surface area (Å²) in [5, 5.41) is 0.600. The van der Waals surface area contributed by atoms with Gasteiger partial charge < -0.3 is 4.74 Å². The molecule has 4 heteroatoms. The van der Waals surface area contributed by atoms with Crippen LogP contribution in [-0.2, 0) is 6.42 Å². The van der Waals surface area contributed by atoms with Crippen LogP contribution in [0.15, 0.2) is 36.4 Å². The zero-order valence-electron chi connectivity index (χ0n) is 12.6. The molecule has 1 unspecified atom stereocenters. The quantitative estimate of drug-likeness (QED) is 0.654. The summed E-state index contributed by atoms with van der Waals surface area (Å²) >= 11 is 6.07. The molecule has 3 nitrogen and oxygen atoms in total. The van der Waals surface area contributed by atoms with E-state index in [1.165, 1.54) is 16.7 Å². The highest BCUT2D eigenvalue weighted by atomic mass is 35.5. The van der Waals surface area contributed by atoms with Crippen LogP contribution in [0.4, 0.5) is 0 Å². The molecular weight excluding hydrogens is 284 g/mol. The number of aryl methyl sites for hydroxylation is 2. The Hall–Kier alpha value is -1.55. The summed E-state index contributed by atoms with van der Waals surface area (Å²) in [4.78, 5) is 0. The lowest BCUT2D eigenvalue weighted by molar-refractivity contribution is 0.413. The Morgan fingerprint density at radius 1 is 1.14 bits per heavy atom. The number of methoxy groups -OCH3 is 1. The van der Waals surface area contributed by atoms with E-state index in [0.29, 0.717) is 10.8 Å². The zero-order chi connectivity index (χ0) is 15.4. The molecule has 3 N–H and O–H groups in total. The molecule has 112 valence electrons. The van der Waals surface area contributed by atoms with Gasteiger partial charge in [-0.25, -0.2) is 0 Å². The average molecular weight is 305 g/mol. The second-order valence-electron chi connectivity index (χ2n) is 5.31. The highest BCUT2D eigenvalue weighted by Gasteiger charge is 2.13. The van der Waals surface area contributed by atoms with Crippen LogP contribution in [0.5, 0.6) is 5.75 Å². The Morgan fingerprint density at radius 3 is 2.38 bits per heavy atom. The Morgan fingerprint density at radius 2 is 1.81 bits per heavy atom. The highest BCUT2D eigenvalue weighted by Crippen LogP contribution is 2.29. The molecule has 0 fully saturated rings. The van der Waals surface area contributed by atoms with E-state index in [1.54, 1.807) is 7.11 Å². The van der Waals surface area contributed by atoms with Gasteiger partial charge in [0.1, 0.15) is 5.75 Å². The van der Waals surface area contributed by atoms with Gasteiger partial charge in [0.05, 0.1) is 18.2 Å². The Labute approximate surface area is 131 Å². The molecule has 0 bridgehead atoms. The van der Waals surface area contributed by atoms with Crippen LogP contribution in [0.3, 0.4) is 0 Å². The number of nitrogens with one attached hydrogen (secondary N) is 1. The van der Waals surface area contributed by atoms with Gasteiger partial charge in [-0.3, -0.25) is 11.3 Å². The molecule has 0 aliphatic carbocycles. The van der Waals surface area contributed by atoms with Gasteiger partial charge in [0.2, 0.25) is 0 Å². The predicted octanol–water partition coefficient (Wildman–Crippen LogP) is 3.71. The van der Waals surface area contributed by atoms with E-state index in [0.717, 1.165) is 12.0 Å². The van der Waals surface area contributed by atoms with E-state index >= 15 is 0 Å². The van der Waals surface area contributed by atoms with Crippen LogP contribution in [0.2, 0.25) is 5.02 Å². The van der Waals surface area contributed by atoms with Crippen LogP contribution in [0, 0.1) is 13.8 Å². The lowest BCUT2D eigenvalue weighted by Gasteiger charge is -2.18. The molecule has 0 amide bonds. The number of benzene rings is 2. The van der Waals surface area contributed by atoms with Crippen molar-refractivity contribution >= 4 is 11.6 Å². The van der Waals surface area contributed by atoms with E-state index in [9.17, 15) is 0 Å². The third kappa shape index (κ3) is 3.97. The van der Waals surface area contributed by atoms with Crippen molar-refractivity contribution in [1.82, 2.24) is 5.43 Å². The van der Waals surface area contributed by atoms with E-state index in [2.05, 4.69) is 37.5 Å². The lowest BCUT2D eigenvalue weighted by Crippen LogP contribution is -2.29. The fraction of sp³-hybridized carbons (Fsp3) is 0.294. The number of ether oxygens (including phenoxy) is 1. The van der Waals surface area contributed by atoms with Crippen molar-refractivity contribution in [3.63, 3.8) is 0 Å². The fourth-order valence-electron chi connectivity index (χ4n) is 2.59. The number of halogens is 1. The first-order valence-electron chi connectivity index (χ1n) is 6.90. The summed E-state index contributed by atoms with van der Waals surface area (Å²) in [5.74, 6) is 6.40. The Bertz CT molecular complexity index is 608. The maximum absolute atomic E-state index is 6.07. The summed E-state index contributed by atoms with van der Waals surface area (Å²) in [6.07, 6.45) is 0.809. The van der Waals surface area contributed by atoms with Crippen LogP contribution in [0.1, 0.15) is 28.3 Å². The molecule has 0 aliphatic heterocycles. The van der Waals surface area contributed by atoms with Crippen molar-refractivity contribution < 1.29 is 4.74 Å². The van der Waals surface area contributed by atoms with Crippen molar-refractivity contribution in [3.05, 3.63) is 63.7 Å². The van der Waals surface area contributed by atoms with Crippen LogP contribution < -0.4 is 16.0 Å². The molecule has 21 heavy (non-hydrogen) atoms. The van der Waals surface area contributed by atoms with Gasteiger partial charge in [0.25, 0.3) is 0 Å². The number of hydrazine groups is 1. The molecule has 0 saturated carbocycles. The summed E-state index contributed by atoms with van der Waals surface area (Å²) in [7, 11) is 1.61. The second kappa shape index (κ2) is 6.94. The molecule has 0 aliphatic rings. The third-order valence-electron chi connectivity index (χ3n) is 3.50. The summed E-state index contributed by atoms with van der Waals surface area (Å²) in [6.45, 7) is 4.21. The van der Waals surface area contributed by atoms with E-state index < -0.39 is 0 Å². The van der Waals surface area contributed by atoms with Gasteiger partial charge in [-0.05, 0) is 43.5 Å². The summed E-state index contributed by atoms with van der Waals surface area (Å²) < 4.78 is 5.27. The predicted molar refractivity (Wildman–Crippen MR) is 87.7 cm³/mol. The van der Waals surface area contributed by atoms with E-state index in [-0.39, 0.29) is 6.04 Å². The molecule has 2 rings (SSSR count). The van der Waals surface area contributed by atoms with Gasteiger partial charge in [-0.2, -0.15) is 0 Å². The maximum atomic E-state index is 6.07. The normalized spacial score (nSPS) is 12.2. The molecule has 0 heterocycles. The highest BCUT2D eigenvalue weighted by molar-refractivity contribution is 6.32. The van der Waals surface area contributed by atoms with Crippen molar-refractivity contribution in [2.45, 2.75) is 26.3 Å². The zero-order valence-corrected chi connectivity index (χ0v) is 13.4. The molecule has 2 aromatic carbocycles. The van der Waals surface area contributed by atoms with Gasteiger partial charge in [0, 0.05) is 0 Å². The minimum Gasteiger partial charge on any atom is -0.495 e. The third-order valence-corrected chi connectivity index (χ3v) is 3.81. The number of rotatable bonds is 5. The first-order chi connectivity index (χ1) is 10.0. The van der Waals surface area contributed by atoms with Crippen molar-refractivity contribution in [2.75, 3.05) is 7.11 Å². The van der Waals surface area contributed by atoms with Crippen LogP contribution >= 0.6 is 11.6 Å². The van der Waals surface area contributed by atoms with Gasteiger partial charge in [-0.1, -0.05) is 47.0 Å². The first-order valence-corrected chi connectivity index (χ1v) is 7.28. The molecule has 1 atom stereocenters. The van der Waals surface area contributed by atoms with Gasteiger partial charge in [0.15, 0.2) is 0 Å². The maximum Gasteiger partial charge on any atom is 0.137 e. The van der Waals surface area contributed by atoms with Crippen molar-refractivity contribution in [3.8, 4) is 5.75 Å². The largest absolute Gasteiger partial charge is 0.495 e. The fourth-order valence-corrected chi connectivity index (χ4v) is 2.78. The number of hydrogen-bond acceptors (Lipinski definition) is 3. The molecule has 0 radical (unpaired) electrons. The van der Waals surface area contributed by atoms with Crippen molar-refractivity contribution in [2.24, 2.45) is 5.84 Å². The molecule has 0 aromatic heterocycles. The molecular formula is C17H21ClN2O. The average Bonchev–Trinajstić information content (AvgIpc) is 2.44. The minimum absolute atomic E-state index is 0.0115. The SMILES string of the molecule is COc1cc(C(Cc2cc(C)cc(C)c2)NN)ccc1Cl. The van der Waals surface area contributed by atoms with Crippen molar-refractivity contribution in [1.29, 1.82) is 0 Å². The smallest absolute Gasteiger partial charge is 0.137 e. The van der Waals surface area contributed by atoms with Gasteiger partial charge >= 0.3 is 0 Å². The van der Waals surface area contributed by atoms with Crippen LogP contribution in [-0.4, -0.2) is 7.11 Å². The Balaban J connectivity index is 2.27. The number of hydrogen-bond donors (Lipinski definition) is 2. The minimum atomic E-state index is 0.0115. The van der Waals surface area contributed by atoms with E-state index in [4.69, 9.17) is 22.2 Å². The van der Waals surface area contributed by atoms with Crippen LogP contribution in [0.25, 0.3) is 0 Å². The van der Waals surface area contributed by atoms with Gasteiger partial charge in [-0.15, -0.1) is 0 Å². The summed E-state index contributed by atoms with van der Waals surface area (Å²) in [6, 6.07) is 12.3. The second-order valence-corrected chi connectivity index (χ2v) is 5.72. The number of nitrogens with two attached hydrogens (primary N) is 1.